The van der Waals surface area contributed by atoms with Crippen LogP contribution in [-0.2, 0) is 19.5 Å². The zero-order valence-corrected chi connectivity index (χ0v) is 12.3. The molecule has 106 valence electrons. The lowest BCUT2D eigenvalue weighted by Gasteiger charge is -2.19. The number of nitrogens with one attached hydrogen (secondary N) is 1. The van der Waals surface area contributed by atoms with Crippen LogP contribution in [0.1, 0.15) is 16.7 Å². The third-order valence-corrected chi connectivity index (χ3v) is 3.46. The van der Waals surface area contributed by atoms with Crippen molar-refractivity contribution in [3.05, 3.63) is 65.5 Å². The Labute approximate surface area is 121 Å². The summed E-state index contributed by atoms with van der Waals surface area (Å²) in [7, 11) is 4.17. The molecule has 0 spiro atoms. The van der Waals surface area contributed by atoms with Crippen LogP contribution < -0.4 is 5.32 Å². The molecule has 0 unspecified atom stereocenters. The zero-order chi connectivity index (χ0) is 14.2. The van der Waals surface area contributed by atoms with E-state index in [-0.39, 0.29) is 0 Å². The molecule has 3 heteroatoms. The molecule has 0 radical (unpaired) electrons. The van der Waals surface area contributed by atoms with E-state index in [9.17, 15) is 0 Å². The average Bonchev–Trinajstić information content (AvgIpc) is 2.49. The molecular formula is C17H23N3. The lowest BCUT2D eigenvalue weighted by molar-refractivity contribution is 0.330. The van der Waals surface area contributed by atoms with Crippen LogP contribution in [0, 0.1) is 0 Å². The van der Waals surface area contributed by atoms with E-state index in [1.54, 1.807) is 0 Å². The second-order valence-corrected chi connectivity index (χ2v) is 5.14. The van der Waals surface area contributed by atoms with Gasteiger partial charge < -0.3 is 10.2 Å². The maximum atomic E-state index is 4.05. The molecule has 0 bridgehead atoms. The molecular weight excluding hydrogens is 246 g/mol. The van der Waals surface area contributed by atoms with Crippen LogP contribution in [0.4, 0.5) is 0 Å². The van der Waals surface area contributed by atoms with Crippen molar-refractivity contribution in [2.75, 3.05) is 20.6 Å². The van der Waals surface area contributed by atoms with Crippen LogP contribution in [-0.4, -0.2) is 30.5 Å². The molecule has 0 aliphatic heterocycles. The first-order chi connectivity index (χ1) is 9.79. The molecule has 0 fully saturated rings. The lowest BCUT2D eigenvalue weighted by atomic mass is 10.1. The van der Waals surface area contributed by atoms with Crippen LogP contribution in [0.3, 0.4) is 0 Å². The van der Waals surface area contributed by atoms with Crippen molar-refractivity contribution in [2.45, 2.75) is 19.5 Å². The Morgan fingerprint density at radius 1 is 1.05 bits per heavy atom. The fourth-order valence-corrected chi connectivity index (χ4v) is 2.31. The number of aromatic nitrogens is 1. The van der Waals surface area contributed by atoms with Crippen LogP contribution in [0.2, 0.25) is 0 Å². The first kappa shape index (κ1) is 14.7. The highest BCUT2D eigenvalue weighted by atomic mass is 15.1. The van der Waals surface area contributed by atoms with Crippen LogP contribution in [0.15, 0.2) is 48.8 Å². The van der Waals surface area contributed by atoms with Crippen molar-refractivity contribution in [2.24, 2.45) is 0 Å². The molecule has 0 amide bonds. The molecule has 1 N–H and O–H groups in total. The maximum absolute atomic E-state index is 4.05. The van der Waals surface area contributed by atoms with Gasteiger partial charge in [0.15, 0.2) is 0 Å². The number of hydrogen-bond acceptors (Lipinski definition) is 3. The van der Waals surface area contributed by atoms with Gasteiger partial charge in [0.25, 0.3) is 0 Å². The number of benzene rings is 1. The van der Waals surface area contributed by atoms with Crippen molar-refractivity contribution in [1.82, 2.24) is 15.2 Å². The number of pyridine rings is 1. The summed E-state index contributed by atoms with van der Waals surface area (Å²) >= 11 is 0. The maximum Gasteiger partial charge on any atom is 0.0270 e. The molecule has 0 aliphatic carbocycles. The Morgan fingerprint density at radius 3 is 2.45 bits per heavy atom. The van der Waals surface area contributed by atoms with Crippen molar-refractivity contribution in [3.63, 3.8) is 0 Å². The standard InChI is InChI=1S/C17H23N3/c1-18-13-16-5-3-4-6-17(16)14-20(2)12-9-15-7-10-19-11-8-15/h3-8,10-11,18H,9,12-14H2,1-2H3. The Hall–Kier alpha value is -1.71. The molecule has 2 aromatic rings. The minimum absolute atomic E-state index is 0.925. The Balaban J connectivity index is 1.89. The molecule has 0 saturated heterocycles. The van der Waals surface area contributed by atoms with E-state index in [4.69, 9.17) is 0 Å². The van der Waals surface area contributed by atoms with Crippen LogP contribution in [0.5, 0.6) is 0 Å². The van der Waals surface area contributed by atoms with Gasteiger partial charge in [-0.2, -0.15) is 0 Å². The quantitative estimate of drug-likeness (QED) is 0.837. The Kier molecular flexibility index (Phi) is 5.71. The van der Waals surface area contributed by atoms with Gasteiger partial charge in [0.05, 0.1) is 0 Å². The third-order valence-electron chi connectivity index (χ3n) is 3.46. The summed E-state index contributed by atoms with van der Waals surface area (Å²) < 4.78 is 0. The highest BCUT2D eigenvalue weighted by Crippen LogP contribution is 2.11. The lowest BCUT2D eigenvalue weighted by Crippen LogP contribution is -2.22. The first-order valence-electron chi connectivity index (χ1n) is 7.08. The zero-order valence-electron chi connectivity index (χ0n) is 12.3. The van der Waals surface area contributed by atoms with E-state index in [1.807, 2.05) is 19.4 Å². The summed E-state index contributed by atoms with van der Waals surface area (Å²) in [6.45, 7) is 2.97. The predicted molar refractivity (Wildman–Crippen MR) is 83.5 cm³/mol. The molecule has 0 aliphatic rings. The largest absolute Gasteiger partial charge is 0.316 e. The smallest absolute Gasteiger partial charge is 0.0270 e. The molecule has 1 aromatic carbocycles. The highest BCUT2D eigenvalue weighted by molar-refractivity contribution is 5.27. The molecule has 0 atom stereocenters. The summed E-state index contributed by atoms with van der Waals surface area (Å²) in [5.74, 6) is 0. The Morgan fingerprint density at radius 2 is 1.75 bits per heavy atom. The van der Waals surface area contributed by atoms with Gasteiger partial charge in [-0.3, -0.25) is 4.98 Å². The highest BCUT2D eigenvalue weighted by Gasteiger charge is 2.05. The molecule has 0 saturated carbocycles. The first-order valence-corrected chi connectivity index (χ1v) is 7.08. The summed E-state index contributed by atoms with van der Waals surface area (Å²) in [5.41, 5.74) is 4.13. The van der Waals surface area contributed by atoms with Gasteiger partial charge >= 0.3 is 0 Å². The molecule has 20 heavy (non-hydrogen) atoms. The number of hydrogen-bond donors (Lipinski definition) is 1. The van der Waals surface area contributed by atoms with E-state index in [0.29, 0.717) is 0 Å². The molecule has 3 nitrogen and oxygen atoms in total. The second-order valence-electron chi connectivity index (χ2n) is 5.14. The van der Waals surface area contributed by atoms with E-state index in [1.165, 1.54) is 16.7 Å². The minimum Gasteiger partial charge on any atom is -0.316 e. The third kappa shape index (κ3) is 4.44. The summed E-state index contributed by atoms with van der Waals surface area (Å²) in [4.78, 5) is 6.42. The number of likely N-dealkylation sites (N-methyl/N-ethyl adjacent to an activating group) is 1. The van der Waals surface area contributed by atoms with Crippen molar-refractivity contribution < 1.29 is 0 Å². The molecule has 2 rings (SSSR count). The second kappa shape index (κ2) is 7.78. The SMILES string of the molecule is CNCc1ccccc1CN(C)CCc1ccncc1. The fourth-order valence-electron chi connectivity index (χ4n) is 2.31. The van der Waals surface area contributed by atoms with Gasteiger partial charge in [0.1, 0.15) is 0 Å². The topological polar surface area (TPSA) is 28.2 Å². The van der Waals surface area contributed by atoms with Gasteiger partial charge in [0, 0.05) is 32.0 Å². The van der Waals surface area contributed by atoms with Crippen molar-refractivity contribution in [1.29, 1.82) is 0 Å². The van der Waals surface area contributed by atoms with Gasteiger partial charge in [-0.05, 0) is 49.3 Å². The van der Waals surface area contributed by atoms with Crippen molar-refractivity contribution in [3.8, 4) is 0 Å². The number of rotatable bonds is 7. The monoisotopic (exact) mass is 269 g/mol. The van der Waals surface area contributed by atoms with Crippen LogP contribution in [0.25, 0.3) is 0 Å². The average molecular weight is 269 g/mol. The molecule has 1 aromatic heterocycles. The predicted octanol–water partition coefficient (Wildman–Crippen LogP) is 2.48. The summed E-state index contributed by atoms with van der Waals surface area (Å²) in [6, 6.07) is 12.8. The normalized spacial score (nSPS) is 10.9. The van der Waals surface area contributed by atoms with Crippen molar-refractivity contribution >= 4 is 0 Å². The summed E-state index contributed by atoms with van der Waals surface area (Å²) in [5, 5.41) is 3.23. The van der Waals surface area contributed by atoms with Gasteiger partial charge in [-0.25, -0.2) is 0 Å². The Bertz CT molecular complexity index is 511. The van der Waals surface area contributed by atoms with Gasteiger partial charge in [0.2, 0.25) is 0 Å². The van der Waals surface area contributed by atoms with E-state index in [2.05, 4.69) is 58.6 Å². The minimum atomic E-state index is 0.925. The van der Waals surface area contributed by atoms with E-state index < -0.39 is 0 Å². The fraction of sp³-hybridized carbons (Fsp3) is 0.353. The van der Waals surface area contributed by atoms with E-state index in [0.717, 1.165) is 26.1 Å². The summed E-state index contributed by atoms with van der Waals surface area (Å²) in [6.07, 6.45) is 4.78. The van der Waals surface area contributed by atoms with Gasteiger partial charge in [-0.15, -0.1) is 0 Å². The number of nitrogens with zero attached hydrogens (tertiary/aromatic N) is 2. The van der Waals surface area contributed by atoms with E-state index >= 15 is 0 Å². The van der Waals surface area contributed by atoms with Crippen LogP contribution >= 0.6 is 0 Å². The van der Waals surface area contributed by atoms with Gasteiger partial charge in [-0.1, -0.05) is 24.3 Å². The molecule has 1 heterocycles.